The number of unbranched alkanes of at least 4 members (excludes halogenated alkanes) is 4. The van der Waals surface area contributed by atoms with Crippen LogP contribution in [0.25, 0.3) is 0 Å². The number of rotatable bonds is 12. The first-order valence-corrected chi connectivity index (χ1v) is 11.6. The molecule has 0 saturated heterocycles. The maximum Gasteiger partial charge on any atom is 0.0594 e. The van der Waals surface area contributed by atoms with Crippen LogP contribution in [0.2, 0.25) is 0 Å². The van der Waals surface area contributed by atoms with Crippen LogP contribution in [0.4, 0.5) is 0 Å². The lowest BCUT2D eigenvalue weighted by atomic mass is 10.4. The average molecular weight is 304 g/mol. The van der Waals surface area contributed by atoms with E-state index in [0.717, 1.165) is 0 Å². The maximum atomic E-state index is 8.93. The molecule has 0 aromatic rings. The fourth-order valence-corrected chi connectivity index (χ4v) is 7.93. The van der Waals surface area contributed by atoms with Crippen molar-refractivity contribution in [3.63, 3.8) is 0 Å². The highest BCUT2D eigenvalue weighted by molar-refractivity contribution is 7.75. The maximum absolute atomic E-state index is 8.93. The molecule has 0 heterocycles. The third-order valence-electron chi connectivity index (χ3n) is 3.94. The zero-order valence-corrected chi connectivity index (χ0v) is 15.9. The van der Waals surface area contributed by atoms with Gasteiger partial charge in [0.2, 0.25) is 0 Å². The minimum atomic E-state index is -0.562. The Bertz CT molecular complexity index is 133. The molecule has 124 valence electrons. The molecule has 0 fully saturated rings. The van der Waals surface area contributed by atoms with Crippen molar-refractivity contribution in [1.82, 2.24) is 0 Å². The highest BCUT2D eigenvalue weighted by atomic mass is 31.2. The van der Waals surface area contributed by atoms with E-state index in [1.807, 2.05) is 0 Å². The lowest BCUT2D eigenvalue weighted by Gasteiger charge is -2.28. The second-order valence-corrected chi connectivity index (χ2v) is 10.4. The molecule has 0 aromatic heterocycles. The zero-order chi connectivity index (χ0) is 15.7. The SMILES string of the molecule is CCCC[P+](CCCC)(CCCC)CCCC.CC[O-]. The molecule has 0 unspecified atom stereocenters. The fourth-order valence-electron chi connectivity index (χ4n) is 2.64. The topological polar surface area (TPSA) is 23.1 Å². The summed E-state index contributed by atoms with van der Waals surface area (Å²) in [6.45, 7) is 11.0. The number of hydrogen-bond acceptors (Lipinski definition) is 1. The summed E-state index contributed by atoms with van der Waals surface area (Å²) in [5, 5.41) is 8.93. The van der Waals surface area contributed by atoms with E-state index in [-0.39, 0.29) is 6.61 Å². The monoisotopic (exact) mass is 304 g/mol. The lowest BCUT2D eigenvalue weighted by Crippen LogP contribution is -2.12. The first-order valence-electron chi connectivity index (χ1n) is 9.09. The Kier molecular flexibility index (Phi) is 19.8. The Hall–Kier alpha value is 0.390. The van der Waals surface area contributed by atoms with E-state index in [1.165, 1.54) is 51.4 Å². The smallest absolute Gasteiger partial charge is 0.0594 e. The van der Waals surface area contributed by atoms with E-state index in [4.69, 9.17) is 5.11 Å². The Balaban J connectivity index is 0. The molecule has 0 spiro atoms. The molecule has 0 aliphatic carbocycles. The van der Waals surface area contributed by atoms with Crippen LogP contribution >= 0.6 is 7.26 Å². The van der Waals surface area contributed by atoms with E-state index >= 15 is 0 Å². The van der Waals surface area contributed by atoms with Crippen molar-refractivity contribution in [1.29, 1.82) is 0 Å². The second-order valence-electron chi connectivity index (χ2n) is 5.94. The molecule has 20 heavy (non-hydrogen) atoms. The summed E-state index contributed by atoms with van der Waals surface area (Å²) >= 11 is 0. The summed E-state index contributed by atoms with van der Waals surface area (Å²) in [6.07, 6.45) is 17.9. The molecule has 1 nitrogen and oxygen atoms in total. The van der Waals surface area contributed by atoms with Crippen LogP contribution < -0.4 is 5.11 Å². The van der Waals surface area contributed by atoms with Crippen LogP contribution in [0.15, 0.2) is 0 Å². The molecule has 0 atom stereocenters. The van der Waals surface area contributed by atoms with Gasteiger partial charge < -0.3 is 5.11 Å². The van der Waals surface area contributed by atoms with Gasteiger partial charge in [-0.25, -0.2) is 0 Å². The van der Waals surface area contributed by atoms with E-state index in [2.05, 4.69) is 27.7 Å². The Labute approximate surface area is 130 Å². The highest BCUT2D eigenvalue weighted by Crippen LogP contribution is 2.61. The van der Waals surface area contributed by atoms with E-state index in [9.17, 15) is 0 Å². The molecule has 0 aromatic carbocycles. The molecule has 0 bridgehead atoms. The quantitative estimate of drug-likeness (QED) is 0.432. The predicted molar refractivity (Wildman–Crippen MR) is 96.6 cm³/mol. The minimum Gasteiger partial charge on any atom is -0.855 e. The van der Waals surface area contributed by atoms with Crippen LogP contribution in [-0.4, -0.2) is 31.3 Å². The molecule has 0 saturated carbocycles. The van der Waals surface area contributed by atoms with Crippen molar-refractivity contribution in [2.75, 3.05) is 31.3 Å². The molecule has 0 aliphatic heterocycles. The summed E-state index contributed by atoms with van der Waals surface area (Å²) in [4.78, 5) is 0. The van der Waals surface area contributed by atoms with Gasteiger partial charge in [0, 0.05) is 7.26 Å². The predicted octanol–water partition coefficient (Wildman–Crippen LogP) is 5.57. The molecule has 0 amide bonds. The van der Waals surface area contributed by atoms with Gasteiger partial charge in [0.05, 0.1) is 24.6 Å². The van der Waals surface area contributed by atoms with E-state index < -0.39 is 7.26 Å². The lowest BCUT2D eigenvalue weighted by molar-refractivity contribution is -0.361. The van der Waals surface area contributed by atoms with Gasteiger partial charge in [-0.1, -0.05) is 60.3 Å². The molecular weight excluding hydrogens is 263 g/mol. The van der Waals surface area contributed by atoms with Gasteiger partial charge >= 0.3 is 0 Å². The molecule has 0 rings (SSSR count). The van der Waals surface area contributed by atoms with Crippen molar-refractivity contribution in [2.45, 2.75) is 86.0 Å². The molecule has 2 heteroatoms. The van der Waals surface area contributed by atoms with Gasteiger partial charge in [-0.05, 0) is 25.7 Å². The van der Waals surface area contributed by atoms with Crippen LogP contribution in [-0.2, 0) is 0 Å². The molecular formula is C18H41OP. The highest BCUT2D eigenvalue weighted by Gasteiger charge is 2.34. The second kappa shape index (κ2) is 17.4. The van der Waals surface area contributed by atoms with Crippen LogP contribution in [0.3, 0.4) is 0 Å². The van der Waals surface area contributed by atoms with Crippen molar-refractivity contribution in [3.8, 4) is 0 Å². The summed E-state index contributed by atoms with van der Waals surface area (Å²) in [7, 11) is -0.562. The first-order chi connectivity index (χ1) is 9.66. The molecule has 0 radical (unpaired) electrons. The summed E-state index contributed by atoms with van der Waals surface area (Å²) in [6, 6.07) is 0. The van der Waals surface area contributed by atoms with Gasteiger partial charge in [0.15, 0.2) is 0 Å². The first kappa shape index (κ1) is 22.7. The van der Waals surface area contributed by atoms with Crippen molar-refractivity contribution in [3.05, 3.63) is 0 Å². The van der Waals surface area contributed by atoms with E-state index in [0.29, 0.717) is 0 Å². The van der Waals surface area contributed by atoms with Gasteiger partial charge in [0.1, 0.15) is 0 Å². The fraction of sp³-hybridized carbons (Fsp3) is 1.00. The summed E-state index contributed by atoms with van der Waals surface area (Å²) in [5.41, 5.74) is 0. The van der Waals surface area contributed by atoms with Gasteiger partial charge in [-0.3, -0.25) is 0 Å². The average Bonchev–Trinajstić information content (AvgIpc) is 2.46. The van der Waals surface area contributed by atoms with Crippen molar-refractivity contribution in [2.24, 2.45) is 0 Å². The van der Waals surface area contributed by atoms with Crippen LogP contribution in [0.5, 0.6) is 0 Å². The zero-order valence-electron chi connectivity index (χ0n) is 15.0. The normalized spacial score (nSPS) is 11.1. The minimum absolute atomic E-state index is 0. The largest absolute Gasteiger partial charge is 0.855 e. The Morgan fingerprint density at radius 1 is 0.550 bits per heavy atom. The van der Waals surface area contributed by atoms with Crippen molar-refractivity contribution >= 4 is 7.26 Å². The standard InChI is InChI=1S/C16H36P.C2H5O/c1-5-9-13-17(14-10-6-2,15-11-7-3)16-12-8-4;1-2-3/h5-16H2,1-4H3;2H2,1H3/q+1;-1. The Morgan fingerprint density at radius 2 is 0.750 bits per heavy atom. The summed E-state index contributed by atoms with van der Waals surface area (Å²) < 4.78 is 0. The molecule has 0 N–H and O–H groups in total. The third kappa shape index (κ3) is 13.4. The summed E-state index contributed by atoms with van der Waals surface area (Å²) in [5.74, 6) is 0. The third-order valence-corrected chi connectivity index (χ3v) is 9.00. The van der Waals surface area contributed by atoms with Gasteiger partial charge in [0.25, 0.3) is 0 Å². The van der Waals surface area contributed by atoms with Crippen LogP contribution in [0, 0.1) is 0 Å². The van der Waals surface area contributed by atoms with Crippen LogP contribution in [0.1, 0.15) is 86.0 Å². The Morgan fingerprint density at radius 3 is 0.900 bits per heavy atom. The van der Waals surface area contributed by atoms with E-state index in [1.54, 1.807) is 31.6 Å². The number of hydrogen-bond donors (Lipinski definition) is 0. The van der Waals surface area contributed by atoms with Gasteiger partial charge in [-0.15, -0.1) is 6.61 Å². The molecule has 0 aliphatic rings. The van der Waals surface area contributed by atoms with Crippen molar-refractivity contribution < 1.29 is 5.11 Å². The van der Waals surface area contributed by atoms with Gasteiger partial charge in [-0.2, -0.15) is 0 Å².